The van der Waals surface area contributed by atoms with Crippen LogP contribution in [0, 0.1) is 18.3 Å². The fraction of sp³-hybridized carbons (Fsp3) is 0.222. The van der Waals surface area contributed by atoms with Crippen molar-refractivity contribution in [3.05, 3.63) is 33.8 Å². The molecular formula is C9H7BrClN. The largest absolute Gasteiger partial charge is 0.192 e. The lowest BCUT2D eigenvalue weighted by atomic mass is 10.1. The molecule has 0 aliphatic carbocycles. The van der Waals surface area contributed by atoms with Gasteiger partial charge in [0.2, 0.25) is 0 Å². The second-order valence-corrected chi connectivity index (χ2v) is 3.40. The highest BCUT2D eigenvalue weighted by atomic mass is 79.9. The SMILES string of the molecule is Cc1c(CBr)ccc(C#N)c1Cl. The van der Waals surface area contributed by atoms with Crippen LogP contribution >= 0.6 is 27.5 Å². The Bertz CT molecular complexity index is 341. The first-order chi connectivity index (χ1) is 5.70. The summed E-state index contributed by atoms with van der Waals surface area (Å²) in [5.74, 6) is 0. The van der Waals surface area contributed by atoms with Crippen LogP contribution in [0.15, 0.2) is 12.1 Å². The summed E-state index contributed by atoms with van der Waals surface area (Å²) < 4.78 is 0. The summed E-state index contributed by atoms with van der Waals surface area (Å²) in [6.45, 7) is 1.92. The van der Waals surface area contributed by atoms with Crippen molar-refractivity contribution in [1.29, 1.82) is 5.26 Å². The molecule has 1 rings (SSSR count). The third-order valence-corrected chi connectivity index (χ3v) is 2.85. The number of benzene rings is 1. The minimum Gasteiger partial charge on any atom is -0.192 e. The van der Waals surface area contributed by atoms with E-state index in [0.717, 1.165) is 16.5 Å². The molecule has 1 nitrogen and oxygen atoms in total. The van der Waals surface area contributed by atoms with E-state index in [4.69, 9.17) is 16.9 Å². The number of nitriles is 1. The van der Waals surface area contributed by atoms with Crippen LogP contribution < -0.4 is 0 Å². The molecule has 0 amide bonds. The summed E-state index contributed by atoms with van der Waals surface area (Å²) >= 11 is 9.28. The molecule has 0 heterocycles. The van der Waals surface area contributed by atoms with Crippen molar-refractivity contribution >= 4 is 27.5 Å². The van der Waals surface area contributed by atoms with Crippen molar-refractivity contribution in [2.45, 2.75) is 12.3 Å². The van der Waals surface area contributed by atoms with Gasteiger partial charge in [0.05, 0.1) is 10.6 Å². The van der Waals surface area contributed by atoms with Crippen LogP contribution in [0.4, 0.5) is 0 Å². The van der Waals surface area contributed by atoms with Gasteiger partial charge in [-0.15, -0.1) is 0 Å². The first kappa shape index (κ1) is 9.57. The van der Waals surface area contributed by atoms with Gasteiger partial charge in [-0.05, 0) is 24.1 Å². The minimum absolute atomic E-state index is 0.541. The van der Waals surface area contributed by atoms with Crippen molar-refractivity contribution in [2.24, 2.45) is 0 Å². The summed E-state index contributed by atoms with van der Waals surface area (Å²) in [4.78, 5) is 0. The number of rotatable bonds is 1. The molecule has 0 aliphatic heterocycles. The Morgan fingerprint density at radius 2 is 2.25 bits per heavy atom. The van der Waals surface area contributed by atoms with Crippen LogP contribution in [-0.4, -0.2) is 0 Å². The zero-order valence-corrected chi connectivity index (χ0v) is 8.91. The highest BCUT2D eigenvalue weighted by molar-refractivity contribution is 9.08. The van der Waals surface area contributed by atoms with Crippen LogP contribution in [0.25, 0.3) is 0 Å². The zero-order chi connectivity index (χ0) is 9.14. The molecule has 0 spiro atoms. The Balaban J connectivity index is 3.32. The number of alkyl halides is 1. The number of nitrogens with zero attached hydrogens (tertiary/aromatic N) is 1. The summed E-state index contributed by atoms with van der Waals surface area (Å²) in [5.41, 5.74) is 2.64. The molecule has 0 radical (unpaired) electrons. The Morgan fingerprint density at radius 1 is 1.58 bits per heavy atom. The standard InChI is InChI=1S/C9H7BrClN/c1-6-7(4-10)2-3-8(5-12)9(6)11/h2-3H,4H2,1H3. The fourth-order valence-electron chi connectivity index (χ4n) is 0.956. The quantitative estimate of drug-likeness (QED) is 0.695. The lowest BCUT2D eigenvalue weighted by Gasteiger charge is -2.04. The molecule has 62 valence electrons. The van der Waals surface area contributed by atoms with Gasteiger partial charge in [-0.1, -0.05) is 33.6 Å². The first-order valence-corrected chi connectivity index (χ1v) is 4.94. The lowest BCUT2D eigenvalue weighted by molar-refractivity contribution is 1.31. The Labute approximate surface area is 85.1 Å². The molecule has 0 saturated carbocycles. The number of halogens is 2. The fourth-order valence-corrected chi connectivity index (χ4v) is 1.79. The molecule has 0 aromatic heterocycles. The molecule has 0 N–H and O–H groups in total. The molecule has 0 aliphatic rings. The van der Waals surface area contributed by atoms with Crippen molar-refractivity contribution in [1.82, 2.24) is 0 Å². The van der Waals surface area contributed by atoms with Gasteiger partial charge in [-0.2, -0.15) is 5.26 Å². The molecule has 0 fully saturated rings. The lowest BCUT2D eigenvalue weighted by Crippen LogP contribution is -1.88. The van der Waals surface area contributed by atoms with Crippen molar-refractivity contribution in [3.8, 4) is 6.07 Å². The van der Waals surface area contributed by atoms with Gasteiger partial charge in [0.1, 0.15) is 6.07 Å². The van der Waals surface area contributed by atoms with E-state index >= 15 is 0 Å². The minimum atomic E-state index is 0.541. The van der Waals surface area contributed by atoms with Gasteiger partial charge in [-0.3, -0.25) is 0 Å². The van der Waals surface area contributed by atoms with E-state index in [1.165, 1.54) is 0 Å². The molecule has 3 heteroatoms. The molecule has 0 unspecified atom stereocenters. The summed E-state index contributed by atoms with van der Waals surface area (Å²) in [6.07, 6.45) is 0. The highest BCUT2D eigenvalue weighted by Gasteiger charge is 2.05. The predicted octanol–water partition coefficient (Wildman–Crippen LogP) is 3.42. The maximum Gasteiger partial charge on any atom is 0.101 e. The molecule has 1 aromatic rings. The van der Waals surface area contributed by atoms with E-state index in [2.05, 4.69) is 15.9 Å². The van der Waals surface area contributed by atoms with E-state index in [1.54, 1.807) is 6.07 Å². The molecule has 1 aromatic carbocycles. The molecule has 0 atom stereocenters. The van der Waals surface area contributed by atoms with Crippen LogP contribution in [0.3, 0.4) is 0 Å². The number of hydrogen-bond donors (Lipinski definition) is 0. The third-order valence-electron chi connectivity index (χ3n) is 1.76. The Hall–Kier alpha value is -0.520. The van der Waals surface area contributed by atoms with E-state index < -0.39 is 0 Å². The molecular weight excluding hydrogens is 237 g/mol. The third kappa shape index (κ3) is 1.63. The Kier molecular flexibility index (Phi) is 3.13. The van der Waals surface area contributed by atoms with Gasteiger partial charge in [0, 0.05) is 5.33 Å². The van der Waals surface area contributed by atoms with Crippen molar-refractivity contribution < 1.29 is 0 Å². The monoisotopic (exact) mass is 243 g/mol. The molecule has 12 heavy (non-hydrogen) atoms. The van der Waals surface area contributed by atoms with Crippen LogP contribution in [0.5, 0.6) is 0 Å². The topological polar surface area (TPSA) is 23.8 Å². The smallest absolute Gasteiger partial charge is 0.101 e. The second kappa shape index (κ2) is 3.93. The summed E-state index contributed by atoms with van der Waals surface area (Å²) in [6, 6.07) is 5.69. The van der Waals surface area contributed by atoms with Crippen LogP contribution in [0.2, 0.25) is 5.02 Å². The average Bonchev–Trinajstić information content (AvgIpc) is 2.10. The van der Waals surface area contributed by atoms with E-state index in [-0.39, 0.29) is 0 Å². The van der Waals surface area contributed by atoms with Gasteiger partial charge < -0.3 is 0 Å². The zero-order valence-electron chi connectivity index (χ0n) is 6.56. The average molecular weight is 245 g/mol. The summed E-state index contributed by atoms with van der Waals surface area (Å²) in [7, 11) is 0. The van der Waals surface area contributed by atoms with Gasteiger partial charge in [0.25, 0.3) is 0 Å². The maximum absolute atomic E-state index is 8.66. The molecule has 0 saturated heterocycles. The van der Waals surface area contributed by atoms with E-state index in [1.807, 2.05) is 19.1 Å². The van der Waals surface area contributed by atoms with Crippen LogP contribution in [-0.2, 0) is 5.33 Å². The maximum atomic E-state index is 8.66. The normalized spacial score (nSPS) is 9.50. The van der Waals surface area contributed by atoms with Crippen LogP contribution in [0.1, 0.15) is 16.7 Å². The van der Waals surface area contributed by atoms with E-state index in [0.29, 0.717) is 10.6 Å². The van der Waals surface area contributed by atoms with Gasteiger partial charge in [0.15, 0.2) is 0 Å². The van der Waals surface area contributed by atoms with E-state index in [9.17, 15) is 0 Å². The first-order valence-electron chi connectivity index (χ1n) is 3.44. The second-order valence-electron chi connectivity index (χ2n) is 2.46. The van der Waals surface area contributed by atoms with Crippen molar-refractivity contribution in [2.75, 3.05) is 0 Å². The Morgan fingerprint density at radius 3 is 2.75 bits per heavy atom. The summed E-state index contributed by atoms with van der Waals surface area (Å²) in [5, 5.41) is 9.99. The van der Waals surface area contributed by atoms with Gasteiger partial charge in [-0.25, -0.2) is 0 Å². The van der Waals surface area contributed by atoms with Gasteiger partial charge >= 0.3 is 0 Å². The highest BCUT2D eigenvalue weighted by Crippen LogP contribution is 2.24. The predicted molar refractivity (Wildman–Crippen MR) is 53.5 cm³/mol. The molecule has 0 bridgehead atoms. The van der Waals surface area contributed by atoms with Crippen molar-refractivity contribution in [3.63, 3.8) is 0 Å². The number of hydrogen-bond acceptors (Lipinski definition) is 1.